The molecule has 1 N–H and O–H groups in total. The van der Waals surface area contributed by atoms with Crippen LogP contribution in [-0.4, -0.2) is 73.2 Å². The predicted octanol–water partition coefficient (Wildman–Crippen LogP) is 3.63. The van der Waals surface area contributed by atoms with E-state index >= 15 is 0 Å². The van der Waals surface area contributed by atoms with Gasteiger partial charge in [0, 0.05) is 55.0 Å². The highest BCUT2D eigenvalue weighted by Crippen LogP contribution is 2.38. The molecule has 42 heavy (non-hydrogen) atoms. The number of ketones is 1. The maximum atomic E-state index is 14.3. The topological polar surface area (TPSA) is 135 Å². The summed E-state index contributed by atoms with van der Waals surface area (Å²) in [5.74, 6) is -1.93. The molecule has 1 saturated heterocycles. The number of ether oxygens (including phenoxy) is 1. The number of fused-ring (bicyclic) bond motifs is 1. The van der Waals surface area contributed by atoms with Crippen LogP contribution in [0.1, 0.15) is 6.92 Å². The number of carbonyl (C=O) groups excluding carboxylic acids is 2. The van der Waals surface area contributed by atoms with Crippen molar-refractivity contribution in [3.05, 3.63) is 66.6 Å². The summed E-state index contributed by atoms with van der Waals surface area (Å²) < 4.78 is 60.9. The van der Waals surface area contributed by atoms with Gasteiger partial charge in [-0.15, -0.1) is 11.3 Å². The van der Waals surface area contributed by atoms with Crippen molar-refractivity contribution in [1.82, 2.24) is 19.9 Å². The number of halogens is 2. The highest BCUT2D eigenvalue weighted by atomic mass is 32.2. The van der Waals surface area contributed by atoms with E-state index in [2.05, 4.69) is 19.7 Å². The van der Waals surface area contributed by atoms with Crippen LogP contribution in [0.25, 0.3) is 20.7 Å². The number of allylic oxidation sites excluding steroid dienone is 1. The number of hydrogen-bond donors (Lipinski definition) is 1. The fourth-order valence-corrected chi connectivity index (χ4v) is 6.47. The lowest BCUT2D eigenvalue weighted by Gasteiger charge is -2.35. The summed E-state index contributed by atoms with van der Waals surface area (Å²) in [5, 5.41) is 0.764. The first-order valence-corrected chi connectivity index (χ1v) is 14.8. The van der Waals surface area contributed by atoms with Gasteiger partial charge in [0.1, 0.15) is 39.2 Å². The van der Waals surface area contributed by atoms with Gasteiger partial charge in [0.2, 0.25) is 11.8 Å². The number of benzene rings is 1. The normalized spacial score (nSPS) is 14.0. The van der Waals surface area contributed by atoms with Crippen LogP contribution in [0.5, 0.6) is 5.88 Å². The Bertz CT molecular complexity index is 1820. The third kappa shape index (κ3) is 6.06. The first-order chi connectivity index (χ1) is 20.1. The molecule has 0 spiro atoms. The fraction of sp³-hybridized carbons (Fsp3) is 0.222. The molecule has 1 aliphatic rings. The zero-order chi connectivity index (χ0) is 30.0. The van der Waals surface area contributed by atoms with Gasteiger partial charge in [0.25, 0.3) is 10.0 Å². The highest BCUT2D eigenvalue weighted by Gasteiger charge is 2.25. The van der Waals surface area contributed by atoms with Gasteiger partial charge in [-0.25, -0.2) is 32.2 Å². The lowest BCUT2D eigenvalue weighted by atomic mass is 10.2. The summed E-state index contributed by atoms with van der Waals surface area (Å²) in [6, 6.07) is 5.54. The Hall–Kier alpha value is -4.50. The number of anilines is 2. The zero-order valence-electron chi connectivity index (χ0n) is 22.4. The Morgan fingerprint density at radius 3 is 2.50 bits per heavy atom. The molecule has 11 nitrogen and oxygen atoms in total. The van der Waals surface area contributed by atoms with Crippen LogP contribution in [0.2, 0.25) is 0 Å². The molecule has 0 aliphatic carbocycles. The molecule has 1 fully saturated rings. The Morgan fingerprint density at radius 1 is 1.05 bits per heavy atom. The monoisotopic (exact) mass is 614 g/mol. The van der Waals surface area contributed by atoms with Crippen molar-refractivity contribution in [3.8, 4) is 16.3 Å². The number of pyridine rings is 1. The number of thiophene rings is 1. The van der Waals surface area contributed by atoms with Crippen molar-refractivity contribution in [1.29, 1.82) is 0 Å². The van der Waals surface area contributed by atoms with Gasteiger partial charge in [0.15, 0.2) is 5.78 Å². The molecule has 5 rings (SSSR count). The number of carbonyl (C=O) groups is 2. The van der Waals surface area contributed by atoms with Gasteiger partial charge in [0.05, 0.1) is 12.5 Å². The average Bonchev–Trinajstić information content (AvgIpc) is 3.40. The molecule has 4 heterocycles. The molecule has 0 radical (unpaired) electrons. The van der Waals surface area contributed by atoms with E-state index in [-0.39, 0.29) is 23.3 Å². The predicted molar refractivity (Wildman–Crippen MR) is 153 cm³/mol. The van der Waals surface area contributed by atoms with Crippen molar-refractivity contribution in [2.45, 2.75) is 11.8 Å². The Kier molecular flexibility index (Phi) is 8.13. The number of nitrogens with zero attached hydrogens (tertiary/aromatic N) is 5. The van der Waals surface area contributed by atoms with E-state index in [0.717, 1.165) is 17.5 Å². The number of methoxy groups -OCH3 is 1. The lowest BCUT2D eigenvalue weighted by molar-refractivity contribution is -0.126. The molecule has 1 aromatic carbocycles. The third-order valence-corrected chi connectivity index (χ3v) is 8.91. The van der Waals surface area contributed by atoms with Crippen LogP contribution in [0.4, 0.5) is 20.3 Å². The number of sulfonamides is 1. The van der Waals surface area contributed by atoms with Crippen LogP contribution >= 0.6 is 11.3 Å². The minimum atomic E-state index is -4.44. The summed E-state index contributed by atoms with van der Waals surface area (Å²) in [4.78, 5) is 40.9. The second-order valence-electron chi connectivity index (χ2n) is 9.24. The number of piperazine rings is 1. The first-order valence-electron chi connectivity index (χ1n) is 12.5. The molecular weight excluding hydrogens is 590 g/mol. The minimum absolute atomic E-state index is 0.0397. The lowest BCUT2D eigenvalue weighted by Crippen LogP contribution is -2.48. The second kappa shape index (κ2) is 11.8. The number of hydrogen-bond acceptors (Lipinski definition) is 10. The van der Waals surface area contributed by atoms with Crippen LogP contribution in [0.15, 0.2) is 59.9 Å². The maximum Gasteiger partial charge on any atom is 0.264 e. The van der Waals surface area contributed by atoms with Gasteiger partial charge in [-0.1, -0.05) is 0 Å². The molecule has 0 atom stereocenters. The zero-order valence-corrected chi connectivity index (χ0v) is 24.0. The largest absolute Gasteiger partial charge is 0.480 e. The van der Waals surface area contributed by atoms with Gasteiger partial charge in [-0.05, 0) is 37.3 Å². The third-order valence-electron chi connectivity index (χ3n) is 6.42. The Labute approximate surface area is 243 Å². The summed E-state index contributed by atoms with van der Waals surface area (Å²) in [6.07, 6.45) is 5.49. The summed E-state index contributed by atoms with van der Waals surface area (Å²) in [7, 11) is -3.13. The molecule has 218 valence electrons. The van der Waals surface area contributed by atoms with Crippen LogP contribution in [0, 0.1) is 11.6 Å². The summed E-state index contributed by atoms with van der Waals surface area (Å²) in [5.41, 5.74) is 0.497. The van der Waals surface area contributed by atoms with E-state index < -0.39 is 26.6 Å². The molecule has 1 amide bonds. The quantitative estimate of drug-likeness (QED) is 0.295. The van der Waals surface area contributed by atoms with Crippen LogP contribution in [-0.2, 0) is 19.6 Å². The molecule has 4 aromatic rings. The standard InChI is InChI=1S/C27H24F2N6O5S2/c1-16(36)3-6-24(37)34-7-9-35(10-8-34)25-19-13-22(41-27(19)32-15-31-25)17-11-21(26(40-2)30-14-17)33-42(38,39)23-5-4-18(28)12-20(23)29/h3-6,11-15,33H,7-10H2,1-2H3/b6-3+. The number of aromatic nitrogens is 3. The van der Waals surface area contributed by atoms with Crippen LogP contribution in [0.3, 0.4) is 0 Å². The van der Waals surface area contributed by atoms with E-state index in [1.165, 1.54) is 56.1 Å². The van der Waals surface area contributed by atoms with Gasteiger partial charge in [-0.3, -0.25) is 14.3 Å². The average molecular weight is 615 g/mol. The van der Waals surface area contributed by atoms with Crippen molar-refractivity contribution < 1.29 is 31.5 Å². The molecule has 0 saturated carbocycles. The smallest absolute Gasteiger partial charge is 0.264 e. The summed E-state index contributed by atoms with van der Waals surface area (Å²) >= 11 is 1.34. The van der Waals surface area contributed by atoms with E-state index in [1.807, 2.05) is 11.0 Å². The van der Waals surface area contributed by atoms with Crippen LogP contribution < -0.4 is 14.4 Å². The van der Waals surface area contributed by atoms with Gasteiger partial charge in [-0.2, -0.15) is 0 Å². The highest BCUT2D eigenvalue weighted by molar-refractivity contribution is 7.92. The number of nitrogens with one attached hydrogen (secondary N) is 1. The van der Waals surface area contributed by atoms with E-state index in [9.17, 15) is 26.8 Å². The Morgan fingerprint density at radius 2 is 1.81 bits per heavy atom. The molecule has 15 heteroatoms. The minimum Gasteiger partial charge on any atom is -0.480 e. The maximum absolute atomic E-state index is 14.3. The van der Waals surface area contributed by atoms with Crippen molar-refractivity contribution >= 4 is 54.8 Å². The Balaban J connectivity index is 1.41. The van der Waals surface area contributed by atoms with E-state index in [0.29, 0.717) is 53.3 Å². The molecule has 1 aliphatic heterocycles. The molecule has 3 aromatic heterocycles. The first kappa shape index (κ1) is 29.0. The number of amides is 1. The van der Waals surface area contributed by atoms with Gasteiger partial charge >= 0.3 is 0 Å². The van der Waals surface area contributed by atoms with E-state index in [4.69, 9.17) is 4.74 Å². The SMILES string of the molecule is COc1ncc(-c2cc3c(N4CCN(C(=O)/C=C/C(C)=O)CC4)ncnc3s2)cc1NS(=O)(=O)c1ccc(F)cc1F. The van der Waals surface area contributed by atoms with E-state index in [1.54, 1.807) is 4.90 Å². The van der Waals surface area contributed by atoms with Gasteiger partial charge < -0.3 is 14.5 Å². The van der Waals surface area contributed by atoms with Crippen molar-refractivity contribution in [2.24, 2.45) is 0 Å². The fourth-order valence-electron chi connectivity index (χ4n) is 4.39. The van der Waals surface area contributed by atoms with Crippen molar-refractivity contribution in [2.75, 3.05) is 42.9 Å². The number of rotatable bonds is 8. The van der Waals surface area contributed by atoms with Crippen molar-refractivity contribution in [3.63, 3.8) is 0 Å². The molecular formula is C27H24F2N6O5S2. The molecule has 0 bridgehead atoms. The molecule has 0 unspecified atom stereocenters. The summed E-state index contributed by atoms with van der Waals surface area (Å²) in [6.45, 7) is 3.32. The second-order valence-corrected chi connectivity index (χ2v) is 11.9.